The molecule has 1 aromatic rings. The van der Waals surface area contributed by atoms with Crippen molar-refractivity contribution in [3.8, 4) is 0 Å². The number of nitrogens with one attached hydrogen (secondary N) is 2. The van der Waals surface area contributed by atoms with Crippen LogP contribution in [0.15, 0.2) is 30.3 Å². The van der Waals surface area contributed by atoms with Gasteiger partial charge in [-0.3, -0.25) is 0 Å². The summed E-state index contributed by atoms with van der Waals surface area (Å²) in [5.74, 6) is 0.688. The Morgan fingerprint density at radius 2 is 1.81 bits per heavy atom. The van der Waals surface area contributed by atoms with E-state index in [2.05, 4.69) is 36.6 Å². The summed E-state index contributed by atoms with van der Waals surface area (Å²) in [4.78, 5) is 11.7. The number of benzene rings is 1. The van der Waals surface area contributed by atoms with Gasteiger partial charge in [-0.05, 0) is 11.5 Å². The van der Waals surface area contributed by atoms with Crippen molar-refractivity contribution < 1.29 is 14.6 Å². The summed E-state index contributed by atoms with van der Waals surface area (Å²) in [6.45, 7) is 5.23. The molecule has 2 atom stereocenters. The number of ether oxygens (including phenoxy) is 1. The Hall–Kier alpha value is -1.59. The highest BCUT2D eigenvalue weighted by Crippen LogP contribution is 2.23. The molecular formula is C16H26N2O3. The smallest absolute Gasteiger partial charge is 0.314 e. The zero-order valence-corrected chi connectivity index (χ0v) is 13.0. The highest BCUT2D eigenvalue weighted by Gasteiger charge is 2.16. The third-order valence-electron chi connectivity index (χ3n) is 3.37. The van der Waals surface area contributed by atoms with Gasteiger partial charge in [-0.1, -0.05) is 44.2 Å². The maximum absolute atomic E-state index is 11.7. The van der Waals surface area contributed by atoms with Crippen LogP contribution in [0, 0.1) is 5.92 Å². The van der Waals surface area contributed by atoms with Crippen LogP contribution in [0.3, 0.4) is 0 Å². The van der Waals surface area contributed by atoms with Crippen molar-refractivity contribution in [1.29, 1.82) is 0 Å². The number of aliphatic hydroxyl groups excluding tert-OH is 1. The average Bonchev–Trinajstić information content (AvgIpc) is 2.46. The van der Waals surface area contributed by atoms with E-state index in [0.29, 0.717) is 12.5 Å². The molecule has 0 saturated heterocycles. The van der Waals surface area contributed by atoms with Gasteiger partial charge in [-0.15, -0.1) is 0 Å². The summed E-state index contributed by atoms with van der Waals surface area (Å²) < 4.78 is 4.80. The number of methoxy groups -OCH3 is 1. The molecule has 0 spiro atoms. The molecule has 5 heteroatoms. The molecule has 2 unspecified atom stereocenters. The van der Waals surface area contributed by atoms with Crippen LogP contribution in [-0.2, 0) is 4.74 Å². The van der Waals surface area contributed by atoms with E-state index in [4.69, 9.17) is 4.74 Å². The molecule has 1 rings (SSSR count). The van der Waals surface area contributed by atoms with Crippen molar-refractivity contribution in [1.82, 2.24) is 10.6 Å². The summed E-state index contributed by atoms with van der Waals surface area (Å²) in [6, 6.07) is 9.88. The Balaban J connectivity index is 2.42. The van der Waals surface area contributed by atoms with Crippen LogP contribution >= 0.6 is 0 Å². The van der Waals surface area contributed by atoms with Gasteiger partial charge in [0.1, 0.15) is 0 Å². The largest absolute Gasteiger partial charge is 0.389 e. The molecule has 118 valence electrons. The molecule has 0 aliphatic rings. The van der Waals surface area contributed by atoms with Crippen molar-refractivity contribution in [2.45, 2.75) is 25.9 Å². The minimum atomic E-state index is -0.684. The lowest BCUT2D eigenvalue weighted by Crippen LogP contribution is -2.42. The highest BCUT2D eigenvalue weighted by atomic mass is 16.5. The van der Waals surface area contributed by atoms with Gasteiger partial charge < -0.3 is 20.5 Å². The van der Waals surface area contributed by atoms with Crippen molar-refractivity contribution in [3.63, 3.8) is 0 Å². The van der Waals surface area contributed by atoms with Gasteiger partial charge in [-0.2, -0.15) is 0 Å². The van der Waals surface area contributed by atoms with Gasteiger partial charge in [0.05, 0.1) is 12.7 Å². The number of carbonyl (C=O) groups excluding carboxylic acids is 1. The summed E-state index contributed by atoms with van der Waals surface area (Å²) in [5.41, 5.74) is 1.22. The number of amides is 2. The second kappa shape index (κ2) is 9.37. The standard InChI is InChI=1S/C16H26N2O3/c1-12(2)15(13-7-5-4-6-8-13)10-18-16(20)17-9-14(19)11-21-3/h4-8,12,14-15,19H,9-11H2,1-3H3,(H2,17,18,20). The third kappa shape index (κ3) is 6.60. The Morgan fingerprint density at radius 1 is 1.19 bits per heavy atom. The van der Waals surface area contributed by atoms with E-state index < -0.39 is 6.10 Å². The molecule has 3 N–H and O–H groups in total. The summed E-state index contributed by atoms with van der Waals surface area (Å²) in [5, 5.41) is 15.0. The SMILES string of the molecule is COCC(O)CNC(=O)NCC(c1ccccc1)C(C)C. The first kappa shape index (κ1) is 17.5. The lowest BCUT2D eigenvalue weighted by atomic mass is 9.88. The number of rotatable bonds is 8. The van der Waals surface area contributed by atoms with E-state index in [1.807, 2.05) is 18.2 Å². The lowest BCUT2D eigenvalue weighted by Gasteiger charge is -2.22. The van der Waals surface area contributed by atoms with Gasteiger partial charge in [0.25, 0.3) is 0 Å². The molecule has 0 aliphatic heterocycles. The predicted molar refractivity (Wildman–Crippen MR) is 83.3 cm³/mol. The van der Waals surface area contributed by atoms with Crippen molar-refractivity contribution in [3.05, 3.63) is 35.9 Å². The minimum absolute atomic E-state index is 0.178. The monoisotopic (exact) mass is 294 g/mol. The van der Waals surface area contributed by atoms with Gasteiger partial charge in [-0.25, -0.2) is 4.79 Å². The molecule has 5 nitrogen and oxygen atoms in total. The van der Waals surface area contributed by atoms with Gasteiger partial charge in [0.2, 0.25) is 0 Å². The quantitative estimate of drug-likeness (QED) is 0.684. The zero-order valence-electron chi connectivity index (χ0n) is 13.0. The number of hydrogen-bond acceptors (Lipinski definition) is 3. The van der Waals surface area contributed by atoms with Gasteiger partial charge in [0, 0.05) is 26.1 Å². The van der Waals surface area contributed by atoms with Crippen LogP contribution in [0.4, 0.5) is 4.79 Å². The molecular weight excluding hydrogens is 268 g/mol. The molecule has 1 aromatic carbocycles. The van der Waals surface area contributed by atoms with Crippen molar-refractivity contribution in [2.75, 3.05) is 26.8 Å². The van der Waals surface area contributed by atoms with E-state index in [1.54, 1.807) is 0 Å². The molecule has 0 radical (unpaired) electrons. The van der Waals surface area contributed by atoms with E-state index in [9.17, 15) is 9.90 Å². The molecule has 0 fully saturated rings. The molecule has 0 aliphatic carbocycles. The maximum atomic E-state index is 11.7. The fourth-order valence-corrected chi connectivity index (χ4v) is 2.17. The number of aliphatic hydroxyl groups is 1. The van der Waals surface area contributed by atoms with Crippen LogP contribution < -0.4 is 10.6 Å². The number of urea groups is 1. The van der Waals surface area contributed by atoms with E-state index >= 15 is 0 Å². The predicted octanol–water partition coefficient (Wildman–Crippen LogP) is 1.73. The summed E-state index contributed by atoms with van der Waals surface area (Å²) >= 11 is 0. The van der Waals surface area contributed by atoms with Gasteiger partial charge >= 0.3 is 6.03 Å². The molecule has 21 heavy (non-hydrogen) atoms. The topological polar surface area (TPSA) is 70.6 Å². The molecule has 2 amide bonds. The molecule has 0 saturated carbocycles. The second-order valence-electron chi connectivity index (χ2n) is 5.46. The molecule has 0 aromatic heterocycles. The van der Waals surface area contributed by atoms with Crippen molar-refractivity contribution in [2.24, 2.45) is 5.92 Å². The first-order chi connectivity index (χ1) is 10.0. The molecule has 0 bridgehead atoms. The highest BCUT2D eigenvalue weighted by molar-refractivity contribution is 5.73. The van der Waals surface area contributed by atoms with Crippen molar-refractivity contribution >= 4 is 6.03 Å². The second-order valence-corrected chi connectivity index (χ2v) is 5.46. The average molecular weight is 294 g/mol. The maximum Gasteiger partial charge on any atom is 0.314 e. The van der Waals surface area contributed by atoms with Crippen LogP contribution in [0.1, 0.15) is 25.3 Å². The number of carbonyl (C=O) groups is 1. The van der Waals surface area contributed by atoms with Crippen LogP contribution in [0.5, 0.6) is 0 Å². The Bertz CT molecular complexity index is 409. The van der Waals surface area contributed by atoms with Crippen LogP contribution in [0.25, 0.3) is 0 Å². The Kier molecular flexibility index (Phi) is 7.79. The zero-order chi connectivity index (χ0) is 15.7. The fraction of sp³-hybridized carbons (Fsp3) is 0.562. The van der Waals surface area contributed by atoms with Crippen LogP contribution in [-0.4, -0.2) is 44.0 Å². The van der Waals surface area contributed by atoms with E-state index in [0.717, 1.165) is 0 Å². The summed E-state index contributed by atoms with van der Waals surface area (Å²) in [6.07, 6.45) is -0.684. The summed E-state index contributed by atoms with van der Waals surface area (Å²) in [7, 11) is 1.51. The lowest BCUT2D eigenvalue weighted by molar-refractivity contribution is 0.0659. The number of hydrogen-bond donors (Lipinski definition) is 3. The minimum Gasteiger partial charge on any atom is -0.389 e. The van der Waals surface area contributed by atoms with E-state index in [-0.39, 0.29) is 25.1 Å². The fourth-order valence-electron chi connectivity index (χ4n) is 2.17. The first-order valence-corrected chi connectivity index (χ1v) is 7.28. The Morgan fingerprint density at radius 3 is 2.38 bits per heavy atom. The molecule has 0 heterocycles. The van der Waals surface area contributed by atoms with Crippen LogP contribution in [0.2, 0.25) is 0 Å². The first-order valence-electron chi connectivity index (χ1n) is 7.28. The van der Waals surface area contributed by atoms with Gasteiger partial charge in [0.15, 0.2) is 0 Å². The third-order valence-corrected chi connectivity index (χ3v) is 3.37. The van der Waals surface area contributed by atoms with E-state index in [1.165, 1.54) is 12.7 Å². The Labute approximate surface area is 126 Å². The normalized spacial score (nSPS) is 13.8.